The van der Waals surface area contributed by atoms with Crippen LogP contribution < -0.4 is 0 Å². The fourth-order valence-corrected chi connectivity index (χ4v) is 2.69. The minimum Gasteiger partial charge on any atom is -0.344 e. The number of hydrogen-bond donors (Lipinski definition) is 0. The van der Waals surface area contributed by atoms with Gasteiger partial charge in [0.15, 0.2) is 0 Å². The van der Waals surface area contributed by atoms with Crippen LogP contribution in [0, 0.1) is 13.8 Å². The SMILES string of the molecule is Cc1c(C)n2c3c(cccc13)CCC2. The van der Waals surface area contributed by atoms with Crippen LogP contribution in [0.3, 0.4) is 0 Å². The third-order valence-corrected chi connectivity index (χ3v) is 3.57. The van der Waals surface area contributed by atoms with Crippen LogP contribution >= 0.6 is 0 Å². The van der Waals surface area contributed by atoms with E-state index in [9.17, 15) is 0 Å². The molecule has 0 aliphatic carbocycles. The van der Waals surface area contributed by atoms with Crippen molar-refractivity contribution in [2.24, 2.45) is 0 Å². The molecule has 2 aromatic rings. The Bertz CT molecular complexity index is 505. The van der Waals surface area contributed by atoms with Crippen molar-refractivity contribution < 1.29 is 0 Å². The number of hydrogen-bond acceptors (Lipinski definition) is 0. The van der Waals surface area contributed by atoms with E-state index in [1.807, 2.05) is 0 Å². The number of benzene rings is 1. The Morgan fingerprint density at radius 3 is 2.93 bits per heavy atom. The Balaban J connectivity index is 2.54. The molecule has 0 N–H and O–H groups in total. The van der Waals surface area contributed by atoms with Crippen LogP contribution in [0.2, 0.25) is 0 Å². The van der Waals surface area contributed by atoms with Gasteiger partial charge in [-0.2, -0.15) is 0 Å². The van der Waals surface area contributed by atoms with Crippen LogP contribution in [0.4, 0.5) is 0 Å². The van der Waals surface area contributed by atoms with E-state index in [1.54, 1.807) is 0 Å². The third kappa shape index (κ3) is 0.848. The molecule has 1 aliphatic rings. The largest absolute Gasteiger partial charge is 0.344 e. The standard InChI is InChI=1S/C13H15N/c1-9-10(2)14-8-4-6-11-5-3-7-12(9)13(11)14/h3,5,7H,4,6,8H2,1-2H3. The lowest BCUT2D eigenvalue weighted by atomic mass is 10.0. The lowest BCUT2D eigenvalue weighted by Gasteiger charge is -2.16. The van der Waals surface area contributed by atoms with Crippen molar-refractivity contribution in [1.82, 2.24) is 4.57 Å². The van der Waals surface area contributed by atoms with Crippen molar-refractivity contribution in [3.63, 3.8) is 0 Å². The van der Waals surface area contributed by atoms with E-state index in [0.29, 0.717) is 0 Å². The second-order valence-electron chi connectivity index (χ2n) is 4.28. The van der Waals surface area contributed by atoms with Gasteiger partial charge in [-0.1, -0.05) is 18.2 Å². The molecule has 14 heavy (non-hydrogen) atoms. The zero-order valence-electron chi connectivity index (χ0n) is 8.80. The maximum absolute atomic E-state index is 2.49. The van der Waals surface area contributed by atoms with Crippen molar-refractivity contribution >= 4 is 10.9 Å². The third-order valence-electron chi connectivity index (χ3n) is 3.57. The lowest BCUT2D eigenvalue weighted by Crippen LogP contribution is -2.08. The van der Waals surface area contributed by atoms with Crippen molar-refractivity contribution in [3.8, 4) is 0 Å². The summed E-state index contributed by atoms with van der Waals surface area (Å²) in [7, 11) is 0. The van der Waals surface area contributed by atoms with Gasteiger partial charge in [0.1, 0.15) is 0 Å². The van der Waals surface area contributed by atoms with Crippen molar-refractivity contribution in [2.75, 3.05) is 0 Å². The summed E-state index contributed by atoms with van der Waals surface area (Å²) >= 11 is 0. The average Bonchev–Trinajstić information content (AvgIpc) is 2.47. The van der Waals surface area contributed by atoms with E-state index in [2.05, 4.69) is 36.6 Å². The van der Waals surface area contributed by atoms with Crippen LogP contribution in [0.15, 0.2) is 18.2 Å². The molecule has 1 aliphatic heterocycles. The summed E-state index contributed by atoms with van der Waals surface area (Å²) in [5.41, 5.74) is 5.94. The van der Waals surface area contributed by atoms with E-state index >= 15 is 0 Å². The summed E-state index contributed by atoms with van der Waals surface area (Å²) in [6.45, 7) is 5.68. The van der Waals surface area contributed by atoms with E-state index in [-0.39, 0.29) is 0 Å². The Labute approximate surface area is 84.4 Å². The highest BCUT2D eigenvalue weighted by Crippen LogP contribution is 2.31. The van der Waals surface area contributed by atoms with Crippen molar-refractivity contribution in [3.05, 3.63) is 35.0 Å². The molecule has 1 nitrogen and oxygen atoms in total. The number of aromatic nitrogens is 1. The first-order valence-corrected chi connectivity index (χ1v) is 5.36. The molecule has 72 valence electrons. The summed E-state index contributed by atoms with van der Waals surface area (Å²) in [6.07, 6.45) is 2.54. The van der Waals surface area contributed by atoms with Gasteiger partial charge in [0.05, 0.1) is 5.52 Å². The quantitative estimate of drug-likeness (QED) is 0.594. The highest BCUT2D eigenvalue weighted by atomic mass is 15.0. The van der Waals surface area contributed by atoms with Crippen molar-refractivity contribution in [1.29, 1.82) is 0 Å². The number of para-hydroxylation sites is 1. The van der Waals surface area contributed by atoms with Gasteiger partial charge in [0.25, 0.3) is 0 Å². The molecule has 0 amide bonds. The minimum atomic E-state index is 1.20. The molecule has 0 bridgehead atoms. The molecule has 3 rings (SSSR count). The molecule has 1 aromatic carbocycles. The minimum absolute atomic E-state index is 1.20. The van der Waals surface area contributed by atoms with Crippen LogP contribution in [-0.4, -0.2) is 4.57 Å². The Morgan fingerprint density at radius 2 is 2.07 bits per heavy atom. The molecule has 0 unspecified atom stereocenters. The molecule has 0 atom stereocenters. The van der Waals surface area contributed by atoms with Gasteiger partial charge < -0.3 is 4.57 Å². The molecule has 2 heterocycles. The highest BCUT2D eigenvalue weighted by molar-refractivity contribution is 5.88. The summed E-state index contributed by atoms with van der Waals surface area (Å²) in [6, 6.07) is 6.72. The Morgan fingerprint density at radius 1 is 1.21 bits per heavy atom. The van der Waals surface area contributed by atoms with Gasteiger partial charge in [-0.25, -0.2) is 0 Å². The molecule has 0 fully saturated rings. The first kappa shape index (κ1) is 8.10. The van der Waals surface area contributed by atoms with Crippen molar-refractivity contribution in [2.45, 2.75) is 33.2 Å². The second-order valence-corrected chi connectivity index (χ2v) is 4.28. The zero-order valence-corrected chi connectivity index (χ0v) is 8.80. The lowest BCUT2D eigenvalue weighted by molar-refractivity contribution is 0.622. The summed E-state index contributed by atoms with van der Waals surface area (Å²) in [4.78, 5) is 0. The highest BCUT2D eigenvalue weighted by Gasteiger charge is 2.16. The zero-order chi connectivity index (χ0) is 9.71. The van der Waals surface area contributed by atoms with Gasteiger partial charge >= 0.3 is 0 Å². The summed E-state index contributed by atoms with van der Waals surface area (Å²) in [5, 5.41) is 1.46. The van der Waals surface area contributed by atoms with Crippen LogP contribution in [-0.2, 0) is 13.0 Å². The van der Waals surface area contributed by atoms with E-state index < -0.39 is 0 Å². The van der Waals surface area contributed by atoms with Gasteiger partial charge in [0, 0.05) is 17.6 Å². The Kier molecular flexibility index (Phi) is 1.52. The summed E-state index contributed by atoms with van der Waals surface area (Å²) in [5.74, 6) is 0. The predicted octanol–water partition coefficient (Wildman–Crippen LogP) is 3.20. The molecular formula is C13H15N. The van der Waals surface area contributed by atoms with Crippen LogP contribution in [0.5, 0.6) is 0 Å². The summed E-state index contributed by atoms with van der Waals surface area (Å²) < 4.78 is 2.49. The molecule has 0 spiro atoms. The van der Waals surface area contributed by atoms with Crippen LogP contribution in [0.25, 0.3) is 10.9 Å². The maximum atomic E-state index is 2.49. The Hall–Kier alpha value is -1.24. The molecule has 0 saturated carbocycles. The second kappa shape index (κ2) is 2.63. The predicted molar refractivity (Wildman–Crippen MR) is 59.7 cm³/mol. The first-order valence-electron chi connectivity index (χ1n) is 5.36. The van der Waals surface area contributed by atoms with E-state index in [0.717, 1.165) is 0 Å². The molecule has 0 saturated heterocycles. The van der Waals surface area contributed by atoms with Gasteiger partial charge in [-0.15, -0.1) is 0 Å². The molecule has 1 aromatic heterocycles. The monoisotopic (exact) mass is 185 g/mol. The average molecular weight is 185 g/mol. The topological polar surface area (TPSA) is 4.93 Å². The fraction of sp³-hybridized carbons (Fsp3) is 0.385. The first-order chi connectivity index (χ1) is 6.79. The normalized spacial score (nSPS) is 15.0. The fourth-order valence-electron chi connectivity index (χ4n) is 2.69. The number of aryl methyl sites for hydroxylation is 3. The van der Waals surface area contributed by atoms with E-state index in [1.165, 1.54) is 47.1 Å². The van der Waals surface area contributed by atoms with Crippen LogP contribution in [0.1, 0.15) is 23.2 Å². The molecule has 1 heteroatoms. The molecule has 0 radical (unpaired) electrons. The maximum Gasteiger partial charge on any atom is 0.0517 e. The van der Waals surface area contributed by atoms with Gasteiger partial charge in [-0.05, 0) is 37.8 Å². The van der Waals surface area contributed by atoms with Gasteiger partial charge in [-0.3, -0.25) is 0 Å². The number of rotatable bonds is 0. The smallest absolute Gasteiger partial charge is 0.0517 e. The van der Waals surface area contributed by atoms with E-state index in [4.69, 9.17) is 0 Å². The molecular weight excluding hydrogens is 170 g/mol. The van der Waals surface area contributed by atoms with Gasteiger partial charge in [0.2, 0.25) is 0 Å². The number of nitrogens with zero attached hydrogens (tertiary/aromatic N) is 1.